The Morgan fingerprint density at radius 1 is 0.293 bits per heavy atom. The van der Waals surface area contributed by atoms with E-state index in [2.05, 4.69) is 363 Å². The van der Waals surface area contributed by atoms with Crippen molar-refractivity contribution in [1.82, 2.24) is 19.9 Å². The number of nitrogens with zero attached hydrogens (tertiary/aromatic N) is 10. The van der Waals surface area contributed by atoms with E-state index in [1.54, 1.807) is 6.21 Å². The van der Waals surface area contributed by atoms with Crippen LogP contribution in [-0.2, 0) is 69.1 Å². The quantitative estimate of drug-likeness (QED) is 0.171. The predicted molar refractivity (Wildman–Crippen MR) is 518 cm³/mol. The maximum Gasteiger partial charge on any atom is 0.173 e. The third kappa shape index (κ3) is 36.2. The SMILES string of the molecule is CC.CC.CC.CC.CC.CC.CC(C)(C)c1ccc(C2=NCC=N2)cc1.CC(C)(C)c1ccc(C2=NCC=N2)nc1.CC(C)(C)c1ccc2c(c1)C=CC2.CC(C)(C)c1ccc2c(c1)C=NC2.CC(C)(C)c1cnc2c(c1)C=CC2.CC(C)(C)c1cnc2c(c1)N=CC2.Cc1ccc(C(C)(C)C)cc1.Cc1ccc(C(C)(C)C)cn1. The normalized spacial score (nSPS) is 13.1. The molecule has 0 atom stereocenters. The van der Waals surface area contributed by atoms with Gasteiger partial charge in [0.15, 0.2) is 11.7 Å². The zero-order chi connectivity index (χ0) is 88.6. The highest BCUT2D eigenvalue weighted by atomic mass is 15.0. The van der Waals surface area contributed by atoms with Crippen molar-refractivity contribution in [2.75, 3.05) is 13.1 Å². The van der Waals surface area contributed by atoms with Gasteiger partial charge in [-0.3, -0.25) is 39.9 Å². The summed E-state index contributed by atoms with van der Waals surface area (Å²) in [5.41, 5.74) is 27.0. The maximum atomic E-state index is 4.46. The summed E-state index contributed by atoms with van der Waals surface area (Å²) in [6, 6.07) is 43.4. The van der Waals surface area contributed by atoms with Crippen LogP contribution in [0.15, 0.2) is 188 Å². The highest BCUT2D eigenvalue weighted by Crippen LogP contribution is 2.33. The molecule has 4 aromatic heterocycles. The van der Waals surface area contributed by atoms with Crippen LogP contribution < -0.4 is 0 Å². The average molecular weight is 1570 g/mol. The monoisotopic (exact) mass is 1570 g/mol. The molecule has 0 fully saturated rings. The number of hydrogen-bond acceptors (Lipinski definition) is 10. The summed E-state index contributed by atoms with van der Waals surface area (Å²) in [7, 11) is 0. The van der Waals surface area contributed by atoms with E-state index in [0.717, 1.165) is 72.4 Å². The lowest BCUT2D eigenvalue weighted by Crippen LogP contribution is -2.12. The molecule has 4 aromatic carbocycles. The molecule has 8 aromatic rings. The van der Waals surface area contributed by atoms with Crippen molar-refractivity contribution >= 4 is 54.4 Å². The number of aromatic nitrogens is 4. The number of aliphatic imine (C=N–C) groups is 6. The molecule has 0 N–H and O–H groups in total. The Bertz CT molecular complexity index is 3970. The van der Waals surface area contributed by atoms with E-state index in [0.29, 0.717) is 6.54 Å². The first-order valence-corrected chi connectivity index (χ1v) is 43.3. The molecule has 0 saturated heterocycles. The van der Waals surface area contributed by atoms with Crippen LogP contribution in [0.5, 0.6) is 0 Å². The fourth-order valence-electron chi connectivity index (χ4n) is 11.2. The van der Waals surface area contributed by atoms with E-state index in [4.69, 9.17) is 0 Å². The summed E-state index contributed by atoms with van der Waals surface area (Å²) >= 11 is 0. The Labute approximate surface area is 709 Å². The summed E-state index contributed by atoms with van der Waals surface area (Å²) in [5, 5.41) is 0. The minimum Gasteiger partial charge on any atom is -0.288 e. The molecule has 4 aliphatic heterocycles. The van der Waals surface area contributed by atoms with E-state index >= 15 is 0 Å². The van der Waals surface area contributed by atoms with Crippen molar-refractivity contribution < 1.29 is 0 Å². The van der Waals surface area contributed by atoms with E-state index < -0.39 is 0 Å². The van der Waals surface area contributed by atoms with Gasteiger partial charge in [-0.05, 0) is 166 Å². The van der Waals surface area contributed by atoms with Gasteiger partial charge in [0.25, 0.3) is 0 Å². The number of hydrogen-bond donors (Lipinski definition) is 0. The molecule has 10 heteroatoms. The van der Waals surface area contributed by atoms with Gasteiger partial charge in [0.05, 0.1) is 36.7 Å². The van der Waals surface area contributed by atoms with Crippen molar-refractivity contribution in [3.05, 3.63) is 264 Å². The highest BCUT2D eigenvalue weighted by molar-refractivity contribution is 6.06. The number of pyridine rings is 4. The second-order valence-corrected chi connectivity index (χ2v) is 36.0. The van der Waals surface area contributed by atoms with Crippen molar-refractivity contribution in [3.8, 4) is 0 Å². The van der Waals surface area contributed by atoms with Gasteiger partial charge in [-0.25, -0.2) is 9.98 Å². The van der Waals surface area contributed by atoms with Crippen LogP contribution in [0.25, 0.3) is 12.2 Å². The molecule has 0 bridgehead atoms. The molecular formula is C106H158N10. The van der Waals surface area contributed by atoms with Gasteiger partial charge < -0.3 is 0 Å². The van der Waals surface area contributed by atoms with E-state index in [1.165, 1.54) is 83.6 Å². The first kappa shape index (κ1) is 105. The Balaban J connectivity index is 0.000000651. The van der Waals surface area contributed by atoms with Gasteiger partial charge in [0, 0.05) is 73.7 Å². The summed E-state index contributed by atoms with van der Waals surface area (Å²) in [6.07, 6.45) is 27.2. The average Bonchev–Trinajstić information content (AvgIpc) is 1.68. The minimum absolute atomic E-state index is 0.145. The van der Waals surface area contributed by atoms with Crippen molar-refractivity contribution in [2.45, 2.75) is 332 Å². The molecule has 8 heterocycles. The lowest BCUT2D eigenvalue weighted by molar-refractivity contribution is 0.586. The molecule has 14 rings (SSSR count). The van der Waals surface area contributed by atoms with Crippen LogP contribution in [-0.4, -0.2) is 69.6 Å². The Kier molecular flexibility index (Phi) is 45.2. The molecule has 0 unspecified atom stereocenters. The number of rotatable bonds is 2. The van der Waals surface area contributed by atoms with Gasteiger partial charge in [-0.15, -0.1) is 0 Å². The van der Waals surface area contributed by atoms with Crippen LogP contribution in [0.1, 0.15) is 355 Å². The fourth-order valence-corrected chi connectivity index (χ4v) is 11.2. The molecule has 0 saturated carbocycles. The molecule has 632 valence electrons. The summed E-state index contributed by atoms with van der Waals surface area (Å²) in [5.74, 6) is 1.60. The standard InChI is InChI=1S/C13H16N2.C13H16.C12H15N3.2C12H15N.C11H14N2.C11H16.C10H15N.6C2H6/c1-13(2,3)11-6-4-10(5-7-11)12-14-8-9-15-12;1-13(2,3)12-8-7-10-5-4-6-11(10)9-12;1-12(2,3)9-4-5-10(15-8-9)11-13-6-7-14-11;1-12(2,3)11-5-4-9-7-13-8-10(9)6-11;1-12(2,3)10-7-9-5-4-6-11(9)13-8-10;1-11(2,3)8-6-10-9(13-7-8)4-5-12-10;1-9-5-7-10(8-6-9)11(2,3)4;1-8-5-6-9(7-11-8)10(2,3)4;6*1-2/h4-8H,9H2,1-3H3;4,6-9H,5H2,1-3H3;4-6,8H,7H2,1-3H3;4-6,8H,7H2,1-3H3;4-5,7-8H,6H2,1-3H3;5-7H,4H2,1-3H3;5-8H,1-4H3;5-7H,1-4H3;6*1-2H3. The van der Waals surface area contributed by atoms with E-state index in [1.807, 2.05) is 140 Å². The molecular weight excluding hydrogens is 1410 g/mol. The Morgan fingerprint density at radius 3 is 1.13 bits per heavy atom. The van der Waals surface area contributed by atoms with Crippen molar-refractivity contribution in [2.24, 2.45) is 30.0 Å². The minimum atomic E-state index is 0.145. The van der Waals surface area contributed by atoms with Crippen LogP contribution in [0, 0.1) is 13.8 Å². The Morgan fingerprint density at radius 2 is 0.681 bits per heavy atom. The summed E-state index contributed by atoms with van der Waals surface area (Å²) in [4.78, 5) is 42.9. The molecule has 10 nitrogen and oxygen atoms in total. The first-order chi connectivity index (χ1) is 54.4. The number of fused-ring (bicyclic) bond motifs is 4. The van der Waals surface area contributed by atoms with E-state index in [-0.39, 0.29) is 43.3 Å². The molecule has 6 aliphatic rings. The van der Waals surface area contributed by atoms with Gasteiger partial charge in [-0.1, -0.05) is 370 Å². The zero-order valence-electron chi connectivity index (χ0n) is 80.2. The number of benzene rings is 4. The first-order valence-electron chi connectivity index (χ1n) is 43.3. The van der Waals surface area contributed by atoms with Gasteiger partial charge in [0.1, 0.15) is 5.69 Å². The molecule has 0 radical (unpaired) electrons. The highest BCUT2D eigenvalue weighted by Gasteiger charge is 2.22. The second-order valence-electron chi connectivity index (χ2n) is 36.0. The molecule has 116 heavy (non-hydrogen) atoms. The van der Waals surface area contributed by atoms with Crippen LogP contribution in [0.2, 0.25) is 0 Å². The van der Waals surface area contributed by atoms with Gasteiger partial charge >= 0.3 is 0 Å². The van der Waals surface area contributed by atoms with E-state index in [9.17, 15) is 0 Å². The summed E-state index contributed by atoms with van der Waals surface area (Å²) in [6.45, 7) is 83.5. The van der Waals surface area contributed by atoms with Gasteiger partial charge in [0.2, 0.25) is 0 Å². The third-order valence-electron chi connectivity index (χ3n) is 18.6. The zero-order valence-corrected chi connectivity index (χ0v) is 80.2. The lowest BCUT2D eigenvalue weighted by atomic mass is 9.85. The molecule has 0 spiro atoms. The predicted octanol–water partition coefficient (Wildman–Crippen LogP) is 29.2. The Hall–Kier alpha value is -9.02. The number of allylic oxidation sites excluding steroid dienone is 2. The van der Waals surface area contributed by atoms with Crippen LogP contribution in [0.3, 0.4) is 0 Å². The van der Waals surface area contributed by atoms with Crippen LogP contribution in [0.4, 0.5) is 5.69 Å². The van der Waals surface area contributed by atoms with Crippen molar-refractivity contribution in [3.63, 3.8) is 0 Å². The largest absolute Gasteiger partial charge is 0.288 e. The molecule has 0 amide bonds. The van der Waals surface area contributed by atoms with Crippen molar-refractivity contribution in [1.29, 1.82) is 0 Å². The number of aryl methyl sites for hydroxylation is 2. The summed E-state index contributed by atoms with van der Waals surface area (Å²) < 4.78 is 0. The van der Waals surface area contributed by atoms with Crippen LogP contribution >= 0.6 is 0 Å². The van der Waals surface area contributed by atoms with Gasteiger partial charge in [-0.2, -0.15) is 0 Å². The fraction of sp³-hybridized carbons (Fsp3) is 0.491. The number of amidine groups is 2. The second kappa shape index (κ2) is 49.9. The third-order valence-corrected chi connectivity index (χ3v) is 18.6. The topological polar surface area (TPSA) is 126 Å². The lowest BCUT2D eigenvalue weighted by Gasteiger charge is -2.19. The maximum absolute atomic E-state index is 4.46. The molecule has 2 aliphatic carbocycles. The smallest absolute Gasteiger partial charge is 0.173 e.